The highest BCUT2D eigenvalue weighted by Crippen LogP contribution is 2.18. The molecule has 2 aromatic carbocycles. The first-order valence-electron chi connectivity index (χ1n) is 9.35. The fourth-order valence-electron chi connectivity index (χ4n) is 2.71. The van der Waals surface area contributed by atoms with Gasteiger partial charge >= 0.3 is 0 Å². The number of hydrogen-bond acceptors (Lipinski definition) is 3. The second kappa shape index (κ2) is 11.3. The molecule has 4 nitrogen and oxygen atoms in total. The third-order valence-corrected chi connectivity index (χ3v) is 5.92. The van der Waals surface area contributed by atoms with Gasteiger partial charge in [-0.2, -0.15) is 0 Å². The lowest BCUT2D eigenvalue weighted by molar-refractivity contribution is -0.138. The topological polar surface area (TPSA) is 49.4 Å². The maximum absolute atomic E-state index is 12.9. The number of hydrogen-bond donors (Lipinski definition) is 1. The fraction of sp³-hybridized carbons (Fsp3) is 0.364. The molecule has 0 aliphatic rings. The number of rotatable bonds is 9. The van der Waals surface area contributed by atoms with Crippen LogP contribution in [0.3, 0.4) is 0 Å². The third-order valence-electron chi connectivity index (χ3n) is 4.40. The molecule has 0 aliphatic carbocycles. The van der Waals surface area contributed by atoms with Gasteiger partial charge in [-0.1, -0.05) is 57.9 Å². The Balaban J connectivity index is 2.03. The summed E-state index contributed by atoms with van der Waals surface area (Å²) in [4.78, 5) is 26.9. The van der Waals surface area contributed by atoms with Crippen molar-refractivity contribution in [3.05, 3.63) is 69.7 Å². The van der Waals surface area contributed by atoms with E-state index in [0.29, 0.717) is 18.8 Å². The Kier molecular flexibility index (Phi) is 9.06. The molecule has 2 rings (SSSR count). The Morgan fingerprint density at radius 1 is 1.07 bits per heavy atom. The standard InChI is InChI=1S/C22H27BrN2O2S/c1-4-24-22(27)17(3)25(13-18-7-5-16(2)6-8-18)21(26)15-28-14-19-9-11-20(23)12-10-19/h5-12,17H,4,13-15H2,1-3H3,(H,24,27). The van der Waals surface area contributed by atoms with Crippen molar-refractivity contribution in [1.29, 1.82) is 0 Å². The number of amides is 2. The number of thioether (sulfide) groups is 1. The van der Waals surface area contributed by atoms with Gasteiger partial charge < -0.3 is 10.2 Å². The molecule has 0 fully saturated rings. The van der Waals surface area contributed by atoms with Crippen LogP contribution in [-0.4, -0.2) is 35.1 Å². The molecule has 0 radical (unpaired) electrons. The molecule has 0 saturated heterocycles. The molecule has 0 spiro atoms. The minimum absolute atomic E-state index is 0.0264. The van der Waals surface area contributed by atoms with Gasteiger partial charge in [0.1, 0.15) is 6.04 Å². The van der Waals surface area contributed by atoms with Crippen LogP contribution in [0.4, 0.5) is 0 Å². The first-order valence-corrected chi connectivity index (χ1v) is 11.3. The molecule has 1 atom stereocenters. The lowest BCUT2D eigenvalue weighted by Gasteiger charge is -2.28. The SMILES string of the molecule is CCNC(=O)C(C)N(Cc1ccc(C)cc1)C(=O)CSCc1ccc(Br)cc1. The number of carbonyl (C=O) groups is 2. The van der Waals surface area contributed by atoms with Gasteiger partial charge in [-0.15, -0.1) is 11.8 Å². The highest BCUT2D eigenvalue weighted by atomic mass is 79.9. The van der Waals surface area contributed by atoms with Crippen molar-refractivity contribution in [2.75, 3.05) is 12.3 Å². The number of nitrogens with one attached hydrogen (secondary N) is 1. The van der Waals surface area contributed by atoms with E-state index in [0.717, 1.165) is 15.8 Å². The zero-order valence-corrected chi connectivity index (χ0v) is 19.0. The Labute approximate surface area is 180 Å². The van der Waals surface area contributed by atoms with Crippen LogP contribution >= 0.6 is 27.7 Å². The molecule has 2 aromatic rings. The molecule has 2 amide bonds. The van der Waals surface area contributed by atoms with E-state index in [9.17, 15) is 9.59 Å². The van der Waals surface area contributed by atoms with Crippen LogP contribution in [0, 0.1) is 6.92 Å². The minimum Gasteiger partial charge on any atom is -0.355 e. The largest absolute Gasteiger partial charge is 0.355 e. The van der Waals surface area contributed by atoms with Gasteiger partial charge in [0.2, 0.25) is 11.8 Å². The highest BCUT2D eigenvalue weighted by Gasteiger charge is 2.25. The lowest BCUT2D eigenvalue weighted by atomic mass is 10.1. The van der Waals surface area contributed by atoms with E-state index in [1.165, 1.54) is 11.1 Å². The van der Waals surface area contributed by atoms with E-state index in [1.54, 1.807) is 23.6 Å². The quantitative estimate of drug-likeness (QED) is 0.594. The second-order valence-electron chi connectivity index (χ2n) is 6.70. The number of aryl methyl sites for hydroxylation is 1. The predicted octanol–water partition coefficient (Wildman–Crippen LogP) is 4.54. The van der Waals surface area contributed by atoms with Crippen molar-refractivity contribution in [3.63, 3.8) is 0 Å². The summed E-state index contributed by atoms with van der Waals surface area (Å²) >= 11 is 4.99. The summed E-state index contributed by atoms with van der Waals surface area (Å²) in [5, 5.41) is 2.82. The van der Waals surface area contributed by atoms with Crippen LogP contribution in [0.2, 0.25) is 0 Å². The van der Waals surface area contributed by atoms with Gasteiger partial charge in [0.15, 0.2) is 0 Å². The summed E-state index contributed by atoms with van der Waals surface area (Å²) in [7, 11) is 0. The van der Waals surface area contributed by atoms with Crippen LogP contribution in [0.5, 0.6) is 0 Å². The molecule has 1 unspecified atom stereocenters. The summed E-state index contributed by atoms with van der Waals surface area (Å²) < 4.78 is 1.04. The Bertz CT molecular complexity index is 778. The molecule has 28 heavy (non-hydrogen) atoms. The molecule has 0 aromatic heterocycles. The summed E-state index contributed by atoms with van der Waals surface area (Å²) in [6, 6.07) is 15.6. The maximum atomic E-state index is 12.9. The maximum Gasteiger partial charge on any atom is 0.242 e. The van der Waals surface area contributed by atoms with Crippen molar-refractivity contribution < 1.29 is 9.59 Å². The molecule has 6 heteroatoms. The number of nitrogens with zero attached hydrogens (tertiary/aromatic N) is 1. The molecule has 0 aliphatic heterocycles. The van der Waals surface area contributed by atoms with Crippen LogP contribution in [0.15, 0.2) is 53.0 Å². The Morgan fingerprint density at radius 2 is 1.68 bits per heavy atom. The number of carbonyl (C=O) groups excluding carboxylic acids is 2. The first-order chi connectivity index (χ1) is 13.4. The molecular weight excluding hydrogens is 436 g/mol. The summed E-state index contributed by atoms with van der Waals surface area (Å²) in [5.41, 5.74) is 3.36. The molecular formula is C22H27BrN2O2S. The minimum atomic E-state index is -0.512. The van der Waals surface area contributed by atoms with E-state index in [2.05, 4.69) is 21.2 Å². The van der Waals surface area contributed by atoms with Gasteiger partial charge in [0.05, 0.1) is 5.75 Å². The molecule has 0 heterocycles. The van der Waals surface area contributed by atoms with Crippen molar-refractivity contribution >= 4 is 39.5 Å². The highest BCUT2D eigenvalue weighted by molar-refractivity contribution is 9.10. The van der Waals surface area contributed by atoms with Gasteiger partial charge in [0, 0.05) is 23.3 Å². The molecule has 1 N–H and O–H groups in total. The van der Waals surface area contributed by atoms with Crippen molar-refractivity contribution in [2.45, 2.75) is 39.1 Å². The zero-order valence-electron chi connectivity index (χ0n) is 16.6. The van der Waals surface area contributed by atoms with Gasteiger partial charge in [-0.05, 0) is 44.0 Å². The summed E-state index contributed by atoms with van der Waals surface area (Å²) in [5.74, 6) is 0.945. The second-order valence-corrected chi connectivity index (χ2v) is 8.60. The van der Waals surface area contributed by atoms with Gasteiger partial charge in [-0.3, -0.25) is 9.59 Å². The smallest absolute Gasteiger partial charge is 0.242 e. The van der Waals surface area contributed by atoms with E-state index in [-0.39, 0.29) is 11.8 Å². The van der Waals surface area contributed by atoms with Gasteiger partial charge in [-0.25, -0.2) is 0 Å². The summed E-state index contributed by atoms with van der Waals surface area (Å²) in [6.07, 6.45) is 0. The zero-order chi connectivity index (χ0) is 20.5. The fourth-order valence-corrected chi connectivity index (χ4v) is 3.85. The van der Waals surface area contributed by atoms with E-state index in [4.69, 9.17) is 0 Å². The van der Waals surface area contributed by atoms with Crippen LogP contribution in [0.25, 0.3) is 0 Å². The van der Waals surface area contributed by atoms with Crippen molar-refractivity contribution in [2.24, 2.45) is 0 Å². The third kappa shape index (κ3) is 6.99. The molecule has 150 valence electrons. The lowest BCUT2D eigenvalue weighted by Crippen LogP contribution is -2.48. The number of benzene rings is 2. The van der Waals surface area contributed by atoms with Crippen LogP contribution in [-0.2, 0) is 21.9 Å². The summed E-state index contributed by atoms with van der Waals surface area (Å²) in [6.45, 7) is 6.67. The first kappa shape index (κ1) is 22.5. The monoisotopic (exact) mass is 462 g/mol. The average molecular weight is 463 g/mol. The van der Waals surface area contributed by atoms with Crippen molar-refractivity contribution in [3.8, 4) is 0 Å². The number of likely N-dealkylation sites (N-methyl/N-ethyl adjacent to an activating group) is 1. The Hall–Kier alpha value is -1.79. The number of halogens is 1. The van der Waals surface area contributed by atoms with E-state index >= 15 is 0 Å². The average Bonchev–Trinajstić information content (AvgIpc) is 2.68. The van der Waals surface area contributed by atoms with Crippen molar-refractivity contribution in [1.82, 2.24) is 10.2 Å². The van der Waals surface area contributed by atoms with E-state index < -0.39 is 6.04 Å². The molecule has 0 bridgehead atoms. The van der Waals surface area contributed by atoms with Gasteiger partial charge in [0.25, 0.3) is 0 Å². The molecule has 0 saturated carbocycles. The Morgan fingerprint density at radius 3 is 2.29 bits per heavy atom. The predicted molar refractivity (Wildman–Crippen MR) is 120 cm³/mol. The van der Waals surface area contributed by atoms with Crippen LogP contribution < -0.4 is 5.32 Å². The van der Waals surface area contributed by atoms with Crippen LogP contribution in [0.1, 0.15) is 30.5 Å². The normalized spacial score (nSPS) is 11.7. The van der Waals surface area contributed by atoms with E-state index in [1.807, 2.05) is 62.4 Å².